The summed E-state index contributed by atoms with van der Waals surface area (Å²) in [6.45, 7) is 1.06. The first-order valence-corrected chi connectivity index (χ1v) is 7.68. The zero-order valence-corrected chi connectivity index (χ0v) is 13.3. The lowest BCUT2D eigenvalue weighted by molar-refractivity contribution is 0.0939. The molecule has 0 aliphatic carbocycles. The second-order valence-electron chi connectivity index (χ2n) is 4.84. The highest BCUT2D eigenvalue weighted by atomic mass is 35.5. The average Bonchev–Trinajstić information content (AvgIpc) is 2.55. The van der Waals surface area contributed by atoms with Crippen LogP contribution in [0.3, 0.4) is 0 Å². The highest BCUT2D eigenvalue weighted by molar-refractivity contribution is 7.80. The first-order valence-electron chi connectivity index (χ1n) is 6.89. The van der Waals surface area contributed by atoms with Crippen LogP contribution in [0.15, 0.2) is 48.5 Å². The number of thiocarbonyl (C=S) groups is 1. The van der Waals surface area contributed by atoms with Gasteiger partial charge < -0.3 is 20.1 Å². The van der Waals surface area contributed by atoms with E-state index < -0.39 is 0 Å². The Morgan fingerprint density at radius 2 is 1.86 bits per heavy atom. The molecule has 1 aliphatic heterocycles. The van der Waals surface area contributed by atoms with Crippen LogP contribution in [-0.2, 0) is 0 Å². The maximum atomic E-state index is 5.86. The Bertz CT molecular complexity index is 663. The molecule has 0 radical (unpaired) electrons. The second kappa shape index (κ2) is 6.85. The van der Waals surface area contributed by atoms with Crippen molar-refractivity contribution in [2.45, 2.75) is 6.10 Å². The molecule has 0 aromatic heterocycles. The van der Waals surface area contributed by atoms with E-state index in [4.69, 9.17) is 33.3 Å². The summed E-state index contributed by atoms with van der Waals surface area (Å²) in [5.74, 6) is 1.54. The van der Waals surface area contributed by atoms with Crippen LogP contribution in [0.2, 0.25) is 5.02 Å². The normalized spacial score (nSPS) is 16.0. The SMILES string of the molecule is S=C(NC[C@@H]1COc2ccccc2O1)Nc1ccc(Cl)cc1. The molecule has 1 aliphatic rings. The van der Waals surface area contributed by atoms with Crippen molar-refractivity contribution in [1.29, 1.82) is 0 Å². The van der Waals surface area contributed by atoms with E-state index in [0.29, 0.717) is 23.3 Å². The smallest absolute Gasteiger partial charge is 0.170 e. The van der Waals surface area contributed by atoms with Gasteiger partial charge in [-0.2, -0.15) is 0 Å². The van der Waals surface area contributed by atoms with E-state index in [0.717, 1.165) is 17.2 Å². The largest absolute Gasteiger partial charge is 0.486 e. The van der Waals surface area contributed by atoms with Gasteiger partial charge in [0.1, 0.15) is 12.7 Å². The molecule has 3 rings (SSSR count). The zero-order chi connectivity index (χ0) is 15.4. The molecular formula is C16H15ClN2O2S. The van der Waals surface area contributed by atoms with Crippen LogP contribution < -0.4 is 20.1 Å². The van der Waals surface area contributed by atoms with Gasteiger partial charge in [0, 0.05) is 10.7 Å². The number of hydrogen-bond acceptors (Lipinski definition) is 3. The number of nitrogens with one attached hydrogen (secondary N) is 2. The fourth-order valence-electron chi connectivity index (χ4n) is 2.08. The Balaban J connectivity index is 1.49. The van der Waals surface area contributed by atoms with Crippen molar-refractivity contribution in [1.82, 2.24) is 5.32 Å². The molecule has 0 bridgehead atoms. The number of benzene rings is 2. The first kappa shape index (κ1) is 14.9. The van der Waals surface area contributed by atoms with E-state index in [1.165, 1.54) is 0 Å². The van der Waals surface area contributed by atoms with Gasteiger partial charge in [-0.3, -0.25) is 0 Å². The summed E-state index contributed by atoms with van der Waals surface area (Å²) < 4.78 is 11.5. The molecule has 1 heterocycles. The van der Waals surface area contributed by atoms with Crippen molar-refractivity contribution in [3.63, 3.8) is 0 Å². The van der Waals surface area contributed by atoms with Gasteiger partial charge in [0.05, 0.1) is 6.54 Å². The van der Waals surface area contributed by atoms with Crippen molar-refractivity contribution < 1.29 is 9.47 Å². The van der Waals surface area contributed by atoms with Crippen molar-refractivity contribution in [3.05, 3.63) is 53.6 Å². The van der Waals surface area contributed by atoms with E-state index in [-0.39, 0.29) is 6.10 Å². The van der Waals surface area contributed by atoms with Gasteiger partial charge in [-0.1, -0.05) is 23.7 Å². The summed E-state index contributed by atoms with van der Waals surface area (Å²) >= 11 is 11.1. The fourth-order valence-corrected chi connectivity index (χ4v) is 2.41. The number of halogens is 1. The molecule has 114 valence electrons. The minimum Gasteiger partial charge on any atom is -0.486 e. The number of para-hydroxylation sites is 2. The molecule has 1 atom stereocenters. The Kier molecular flexibility index (Phi) is 4.65. The number of rotatable bonds is 3. The minimum atomic E-state index is -0.0835. The highest BCUT2D eigenvalue weighted by Gasteiger charge is 2.20. The summed E-state index contributed by atoms with van der Waals surface area (Å²) in [6.07, 6.45) is -0.0835. The van der Waals surface area contributed by atoms with Crippen LogP contribution >= 0.6 is 23.8 Å². The van der Waals surface area contributed by atoms with Crippen LogP contribution in [0, 0.1) is 0 Å². The van der Waals surface area contributed by atoms with Gasteiger partial charge in [-0.05, 0) is 48.6 Å². The van der Waals surface area contributed by atoms with Gasteiger partial charge in [-0.25, -0.2) is 0 Å². The molecule has 0 amide bonds. The lowest BCUT2D eigenvalue weighted by Crippen LogP contribution is -2.42. The monoisotopic (exact) mass is 334 g/mol. The zero-order valence-electron chi connectivity index (χ0n) is 11.7. The Labute approximate surface area is 139 Å². The van der Waals surface area contributed by atoms with Crippen molar-refractivity contribution >= 4 is 34.6 Å². The van der Waals surface area contributed by atoms with Crippen LogP contribution in [-0.4, -0.2) is 24.4 Å². The third-order valence-corrected chi connectivity index (χ3v) is 3.66. The van der Waals surface area contributed by atoms with Crippen LogP contribution in [0.1, 0.15) is 0 Å². The average molecular weight is 335 g/mol. The molecule has 2 N–H and O–H groups in total. The molecule has 0 fully saturated rings. The molecular weight excluding hydrogens is 320 g/mol. The van der Waals surface area contributed by atoms with Crippen LogP contribution in [0.5, 0.6) is 11.5 Å². The molecule has 0 unspecified atom stereocenters. The number of ether oxygens (including phenoxy) is 2. The molecule has 0 spiro atoms. The van der Waals surface area contributed by atoms with E-state index in [2.05, 4.69) is 10.6 Å². The molecule has 0 saturated carbocycles. The Morgan fingerprint density at radius 3 is 2.64 bits per heavy atom. The third kappa shape index (κ3) is 3.81. The number of hydrogen-bond donors (Lipinski definition) is 2. The van der Waals surface area contributed by atoms with Gasteiger partial charge in [0.2, 0.25) is 0 Å². The summed E-state index contributed by atoms with van der Waals surface area (Å²) in [5.41, 5.74) is 0.882. The predicted octanol–water partition coefficient (Wildman–Crippen LogP) is 3.47. The fraction of sp³-hybridized carbons (Fsp3) is 0.188. The second-order valence-corrected chi connectivity index (χ2v) is 5.68. The molecule has 6 heteroatoms. The van der Waals surface area contributed by atoms with E-state index in [9.17, 15) is 0 Å². The van der Waals surface area contributed by atoms with Crippen molar-refractivity contribution in [2.75, 3.05) is 18.5 Å². The quantitative estimate of drug-likeness (QED) is 0.841. The van der Waals surface area contributed by atoms with Crippen LogP contribution in [0.4, 0.5) is 5.69 Å². The molecule has 2 aromatic rings. The van der Waals surface area contributed by atoms with Gasteiger partial charge in [0.25, 0.3) is 0 Å². The summed E-state index contributed by atoms with van der Waals surface area (Å²) in [4.78, 5) is 0. The topological polar surface area (TPSA) is 42.5 Å². The summed E-state index contributed by atoms with van der Waals surface area (Å²) in [7, 11) is 0. The Morgan fingerprint density at radius 1 is 1.14 bits per heavy atom. The van der Waals surface area contributed by atoms with Gasteiger partial charge in [-0.15, -0.1) is 0 Å². The molecule has 0 saturated heterocycles. The van der Waals surface area contributed by atoms with E-state index >= 15 is 0 Å². The summed E-state index contributed by atoms with van der Waals surface area (Å²) in [5, 5.41) is 7.44. The maximum Gasteiger partial charge on any atom is 0.170 e. The van der Waals surface area contributed by atoms with Crippen molar-refractivity contribution in [2.24, 2.45) is 0 Å². The Hall–Kier alpha value is -1.98. The molecule has 2 aromatic carbocycles. The van der Waals surface area contributed by atoms with E-state index in [1.807, 2.05) is 48.5 Å². The lowest BCUT2D eigenvalue weighted by Gasteiger charge is -2.27. The first-order chi connectivity index (χ1) is 10.7. The van der Waals surface area contributed by atoms with Gasteiger partial charge in [0.15, 0.2) is 16.6 Å². The van der Waals surface area contributed by atoms with Gasteiger partial charge >= 0.3 is 0 Å². The minimum absolute atomic E-state index is 0.0835. The lowest BCUT2D eigenvalue weighted by atomic mass is 10.2. The van der Waals surface area contributed by atoms with Crippen molar-refractivity contribution in [3.8, 4) is 11.5 Å². The predicted molar refractivity (Wildman–Crippen MR) is 92.0 cm³/mol. The molecule has 22 heavy (non-hydrogen) atoms. The van der Waals surface area contributed by atoms with E-state index in [1.54, 1.807) is 0 Å². The third-order valence-electron chi connectivity index (χ3n) is 3.16. The summed E-state index contributed by atoms with van der Waals surface area (Å²) in [6, 6.07) is 15.0. The standard InChI is InChI=1S/C16H15ClN2O2S/c17-11-5-7-12(8-6-11)19-16(22)18-9-13-10-20-14-3-1-2-4-15(14)21-13/h1-8,13H,9-10H2,(H2,18,19,22)/t13-/m1/s1. The van der Waals surface area contributed by atoms with Crippen LogP contribution in [0.25, 0.3) is 0 Å². The highest BCUT2D eigenvalue weighted by Crippen LogP contribution is 2.30. The number of fused-ring (bicyclic) bond motifs is 1. The maximum absolute atomic E-state index is 5.86. The number of anilines is 1. The molecule has 4 nitrogen and oxygen atoms in total.